The third kappa shape index (κ3) is 4.05. The zero-order valence-electron chi connectivity index (χ0n) is 14.3. The molecule has 3 aromatic rings. The second-order valence-corrected chi connectivity index (χ2v) is 8.69. The number of halogens is 5. The number of fused-ring (bicyclic) bond motifs is 1. The second kappa shape index (κ2) is 5.44. The van der Waals surface area contributed by atoms with Crippen LogP contribution in [0.3, 0.4) is 0 Å². The van der Waals surface area contributed by atoms with E-state index in [1.54, 1.807) is 23.6 Å². The van der Waals surface area contributed by atoms with Gasteiger partial charge < -0.3 is 5.32 Å². The maximum atomic E-state index is 12.7. The van der Waals surface area contributed by atoms with Crippen molar-refractivity contribution in [3.8, 4) is 0 Å². The molecule has 10 heteroatoms. The molecule has 0 atom stereocenters. The highest BCUT2D eigenvalue weighted by Crippen LogP contribution is 3.02. The molecular weight excluding hydrogens is 389 g/mol. The number of imidazole rings is 1. The number of rotatable bonds is 4. The fourth-order valence-electron chi connectivity index (χ4n) is 2.67. The van der Waals surface area contributed by atoms with E-state index in [1.807, 2.05) is 13.0 Å². The Labute approximate surface area is 151 Å². The number of aryl methyl sites for hydroxylation is 2. The van der Waals surface area contributed by atoms with Crippen molar-refractivity contribution in [2.45, 2.75) is 25.3 Å². The van der Waals surface area contributed by atoms with Gasteiger partial charge >= 0.3 is 10.2 Å². The Balaban J connectivity index is 1.79. The van der Waals surface area contributed by atoms with Gasteiger partial charge in [-0.1, -0.05) is 37.6 Å². The van der Waals surface area contributed by atoms with E-state index in [0.717, 1.165) is 17.7 Å². The monoisotopic (exact) mass is 405 g/mol. The molecule has 0 aliphatic heterocycles. The zero-order chi connectivity index (χ0) is 20.1. The van der Waals surface area contributed by atoms with Crippen LogP contribution in [-0.4, -0.2) is 15.3 Å². The van der Waals surface area contributed by atoms with E-state index >= 15 is 0 Å². The highest BCUT2D eigenvalue weighted by Gasteiger charge is 2.65. The van der Waals surface area contributed by atoms with E-state index in [9.17, 15) is 24.2 Å². The number of nitrogens with one attached hydrogen (secondary N) is 1. The van der Waals surface area contributed by atoms with Crippen LogP contribution in [-0.2, 0) is 6.54 Å². The van der Waals surface area contributed by atoms with Crippen LogP contribution in [0.25, 0.3) is 5.65 Å². The van der Waals surface area contributed by atoms with Crippen molar-refractivity contribution in [1.29, 1.82) is 0 Å². The highest BCUT2D eigenvalue weighted by molar-refractivity contribution is 8.45. The van der Waals surface area contributed by atoms with Gasteiger partial charge in [0, 0.05) is 12.7 Å². The smallest absolute Gasteiger partial charge is 0.310 e. The largest absolute Gasteiger partial charge is 0.347 e. The van der Waals surface area contributed by atoms with Crippen LogP contribution in [0.1, 0.15) is 27.3 Å². The van der Waals surface area contributed by atoms with E-state index in [2.05, 4.69) is 10.3 Å². The summed E-state index contributed by atoms with van der Waals surface area (Å²) < 4.78 is 65.2. The molecule has 2 aromatic heterocycles. The fourth-order valence-corrected chi connectivity index (χ4v) is 3.32. The Morgan fingerprint density at radius 1 is 1.04 bits per heavy atom. The minimum atomic E-state index is -9.69. The molecule has 0 saturated heterocycles. The van der Waals surface area contributed by atoms with E-state index in [0.29, 0.717) is 29.2 Å². The Hall–Kier alpha value is -2.62. The van der Waals surface area contributed by atoms with Gasteiger partial charge in [-0.25, -0.2) is 4.98 Å². The van der Waals surface area contributed by atoms with Gasteiger partial charge in [-0.15, -0.1) is 0 Å². The highest BCUT2D eigenvalue weighted by atomic mass is 32.5. The zero-order valence-corrected chi connectivity index (χ0v) is 15.2. The first kappa shape index (κ1) is 19.2. The van der Waals surface area contributed by atoms with E-state index < -0.39 is 21.0 Å². The van der Waals surface area contributed by atoms with Crippen LogP contribution in [0.5, 0.6) is 0 Å². The maximum absolute atomic E-state index is 12.7. The molecule has 2 heterocycles. The van der Waals surface area contributed by atoms with Crippen molar-refractivity contribution in [3.05, 3.63) is 65.1 Å². The number of pyridine rings is 1. The summed E-state index contributed by atoms with van der Waals surface area (Å²) >= 11 is 0. The molecule has 0 aliphatic carbocycles. The van der Waals surface area contributed by atoms with Gasteiger partial charge in [-0.05, 0) is 43.2 Å². The molecule has 3 rings (SSSR count). The first-order valence-corrected chi connectivity index (χ1v) is 9.76. The van der Waals surface area contributed by atoms with Crippen LogP contribution in [0.2, 0.25) is 0 Å². The third-order valence-electron chi connectivity index (χ3n) is 3.98. The Bertz CT molecular complexity index is 1040. The predicted molar refractivity (Wildman–Crippen MR) is 93.7 cm³/mol. The summed E-state index contributed by atoms with van der Waals surface area (Å²) in [4.78, 5) is 14.8. The van der Waals surface area contributed by atoms with Crippen molar-refractivity contribution in [3.63, 3.8) is 0 Å². The van der Waals surface area contributed by atoms with Crippen molar-refractivity contribution in [1.82, 2.24) is 14.7 Å². The molecule has 146 valence electrons. The minimum absolute atomic E-state index is 0.113. The average Bonchev–Trinajstić information content (AvgIpc) is 2.86. The number of benzene rings is 1. The Kier molecular flexibility index (Phi) is 3.86. The first-order chi connectivity index (χ1) is 12.2. The minimum Gasteiger partial charge on any atom is -0.347 e. The van der Waals surface area contributed by atoms with Gasteiger partial charge in [0.2, 0.25) is 0 Å². The molecule has 0 radical (unpaired) electrons. The summed E-state index contributed by atoms with van der Waals surface area (Å²) in [6.07, 6.45) is 1.74. The second-order valence-electron chi connectivity index (χ2n) is 6.28. The summed E-state index contributed by atoms with van der Waals surface area (Å²) in [6, 6.07) is 6.09. The normalized spacial score (nSPS) is 14.6. The third-order valence-corrected chi connectivity index (χ3v) is 5.14. The summed E-state index contributed by atoms with van der Waals surface area (Å²) in [6.45, 7) is 3.41. The maximum Gasteiger partial charge on any atom is 0.310 e. The quantitative estimate of drug-likeness (QED) is 0.580. The van der Waals surface area contributed by atoms with E-state index in [-0.39, 0.29) is 12.1 Å². The predicted octanol–water partition coefficient (Wildman–Crippen LogP) is 5.54. The molecule has 1 amide bonds. The van der Waals surface area contributed by atoms with Crippen LogP contribution < -0.4 is 5.32 Å². The molecular formula is C17H16F5N3OS. The molecule has 0 saturated carbocycles. The molecule has 0 spiro atoms. The van der Waals surface area contributed by atoms with Crippen molar-refractivity contribution >= 4 is 21.8 Å². The SMILES string of the molecule is Cc1ccc2nc(C)c(C(=O)NCc3ccc(S(F)(F)(F)(F)F)cc3)n2c1. The van der Waals surface area contributed by atoms with Gasteiger partial charge in [-0.3, -0.25) is 9.20 Å². The molecule has 0 aliphatic rings. The number of hydrogen-bond acceptors (Lipinski definition) is 2. The summed E-state index contributed by atoms with van der Waals surface area (Å²) in [5.41, 5.74) is 2.56. The standard InChI is InChI=1S/C17H16F5N3OS/c1-11-3-8-15-24-12(2)16(25(15)10-11)17(26)23-9-13-4-6-14(7-5-13)27(18,19,20,21)22/h3-8,10H,9H2,1-2H3,(H,23,26). The number of hydrogen-bond donors (Lipinski definition) is 1. The average molecular weight is 405 g/mol. The summed E-state index contributed by atoms with van der Waals surface area (Å²) in [5, 5.41) is 2.57. The van der Waals surface area contributed by atoms with Gasteiger partial charge in [0.05, 0.1) is 5.69 Å². The van der Waals surface area contributed by atoms with Crippen LogP contribution in [0.4, 0.5) is 19.4 Å². The molecule has 27 heavy (non-hydrogen) atoms. The number of carbonyl (C=O) groups is 1. The molecule has 0 fully saturated rings. The van der Waals surface area contributed by atoms with Crippen LogP contribution in [0.15, 0.2) is 47.5 Å². The van der Waals surface area contributed by atoms with Crippen molar-refractivity contribution in [2.24, 2.45) is 0 Å². The summed E-state index contributed by atoms with van der Waals surface area (Å²) in [5.74, 6) is -0.470. The number of carbonyl (C=O) groups excluding carboxylic acids is 1. The first-order valence-electron chi connectivity index (χ1n) is 7.81. The number of amides is 1. The van der Waals surface area contributed by atoms with Crippen LogP contribution >= 0.6 is 10.2 Å². The molecule has 0 bridgehead atoms. The lowest BCUT2D eigenvalue weighted by Gasteiger charge is -2.40. The van der Waals surface area contributed by atoms with Crippen molar-refractivity contribution in [2.75, 3.05) is 0 Å². The molecule has 0 unspecified atom stereocenters. The molecule has 4 nitrogen and oxygen atoms in total. The molecule has 1 N–H and O–H groups in total. The molecule has 1 aromatic carbocycles. The van der Waals surface area contributed by atoms with Crippen LogP contribution in [0, 0.1) is 13.8 Å². The Morgan fingerprint density at radius 2 is 1.67 bits per heavy atom. The van der Waals surface area contributed by atoms with Gasteiger partial charge in [-0.2, -0.15) is 0 Å². The van der Waals surface area contributed by atoms with Crippen molar-refractivity contribution < 1.29 is 24.2 Å². The lowest BCUT2D eigenvalue weighted by atomic mass is 10.2. The lowest BCUT2D eigenvalue weighted by Crippen LogP contribution is -2.25. The number of nitrogens with zero attached hydrogens (tertiary/aromatic N) is 2. The van der Waals surface area contributed by atoms with Gasteiger partial charge in [0.1, 0.15) is 16.2 Å². The number of aromatic nitrogens is 2. The summed E-state index contributed by atoms with van der Waals surface area (Å²) in [7, 11) is -9.69. The van der Waals surface area contributed by atoms with Gasteiger partial charge in [0.25, 0.3) is 5.91 Å². The Morgan fingerprint density at radius 3 is 2.26 bits per heavy atom. The van der Waals surface area contributed by atoms with E-state index in [4.69, 9.17) is 0 Å². The lowest BCUT2D eigenvalue weighted by molar-refractivity contribution is 0.0944. The fraction of sp³-hybridized carbons (Fsp3) is 0.176. The van der Waals surface area contributed by atoms with E-state index in [1.165, 1.54) is 0 Å². The van der Waals surface area contributed by atoms with Gasteiger partial charge in [0.15, 0.2) is 0 Å². The topological polar surface area (TPSA) is 46.4 Å².